The summed E-state index contributed by atoms with van der Waals surface area (Å²) in [6, 6.07) is 6.03. The lowest BCUT2D eigenvalue weighted by atomic mass is 9.92. The first-order valence-electron chi connectivity index (χ1n) is 11.0. The van der Waals surface area contributed by atoms with Gasteiger partial charge >= 0.3 is 6.01 Å². The normalized spacial score (nSPS) is 21.8. The second kappa shape index (κ2) is 9.28. The van der Waals surface area contributed by atoms with E-state index in [0.717, 1.165) is 42.1 Å². The largest absolute Gasteiger partial charge is 0.421 e. The molecule has 3 aromatic rings. The van der Waals surface area contributed by atoms with Crippen molar-refractivity contribution in [3.05, 3.63) is 47.1 Å². The van der Waals surface area contributed by atoms with Gasteiger partial charge in [0.1, 0.15) is 18.7 Å². The Bertz CT molecular complexity index is 1160. The average Bonchev–Trinajstić information content (AvgIpc) is 3.25. The van der Waals surface area contributed by atoms with E-state index in [4.69, 9.17) is 16.3 Å². The maximum Gasteiger partial charge on any atom is 0.322 e. The van der Waals surface area contributed by atoms with Crippen molar-refractivity contribution in [2.24, 2.45) is 11.8 Å². The van der Waals surface area contributed by atoms with E-state index >= 15 is 0 Å². The molecule has 2 fully saturated rings. The summed E-state index contributed by atoms with van der Waals surface area (Å²) in [7, 11) is 0. The van der Waals surface area contributed by atoms with Gasteiger partial charge in [0.05, 0.1) is 5.02 Å². The Kier molecular flexibility index (Phi) is 6.20. The standard InChI is InChI=1S/C22H23ClF3N7O/c1-12-7-18(28-11-27-12)32-8-13-5-6-14(9-32)20(13)29-21-30-22(33(31-21)10-17(24)25)34-16-4-2-3-15(23)19(16)26/h2-4,7,11,13-14,17,20H,5-6,8-10H2,1H3,(H,29,31)/t13-,14+,20+. The van der Waals surface area contributed by atoms with Crippen LogP contribution in [0.5, 0.6) is 11.8 Å². The van der Waals surface area contributed by atoms with Crippen molar-refractivity contribution >= 4 is 23.4 Å². The summed E-state index contributed by atoms with van der Waals surface area (Å²) < 4.78 is 47.0. The number of nitrogens with one attached hydrogen (secondary N) is 1. The van der Waals surface area contributed by atoms with Crippen LogP contribution in [0.2, 0.25) is 5.02 Å². The number of hydrogen-bond acceptors (Lipinski definition) is 7. The lowest BCUT2D eigenvalue weighted by molar-refractivity contribution is 0.118. The Labute approximate surface area is 199 Å². The van der Waals surface area contributed by atoms with Gasteiger partial charge in [-0.2, -0.15) is 4.98 Å². The summed E-state index contributed by atoms with van der Waals surface area (Å²) in [4.78, 5) is 15.1. The van der Waals surface area contributed by atoms with Gasteiger partial charge < -0.3 is 15.0 Å². The first-order chi connectivity index (χ1) is 16.4. The number of fused-ring (bicyclic) bond motifs is 2. The van der Waals surface area contributed by atoms with Crippen molar-refractivity contribution in [1.29, 1.82) is 0 Å². The van der Waals surface area contributed by atoms with Gasteiger partial charge in [-0.05, 0) is 43.7 Å². The summed E-state index contributed by atoms with van der Waals surface area (Å²) in [6.45, 7) is 2.81. The van der Waals surface area contributed by atoms with Crippen molar-refractivity contribution in [3.8, 4) is 11.8 Å². The van der Waals surface area contributed by atoms with Crippen LogP contribution >= 0.6 is 11.6 Å². The third-order valence-electron chi connectivity index (χ3n) is 6.31. The molecule has 8 nitrogen and oxygen atoms in total. The highest BCUT2D eigenvalue weighted by Crippen LogP contribution is 2.40. The quantitative estimate of drug-likeness (QED) is 0.517. The number of aryl methyl sites for hydroxylation is 1. The first-order valence-corrected chi connectivity index (χ1v) is 11.4. The van der Waals surface area contributed by atoms with Crippen molar-refractivity contribution < 1.29 is 17.9 Å². The Hall–Kier alpha value is -3.08. The van der Waals surface area contributed by atoms with Gasteiger partial charge in [-0.1, -0.05) is 17.7 Å². The number of aromatic nitrogens is 5. The number of piperidine rings is 1. The highest BCUT2D eigenvalue weighted by Gasteiger charge is 2.43. The number of nitrogens with zero attached hydrogens (tertiary/aromatic N) is 6. The fourth-order valence-corrected chi connectivity index (χ4v) is 4.95. The summed E-state index contributed by atoms with van der Waals surface area (Å²) in [6.07, 6.45) is 0.938. The van der Waals surface area contributed by atoms with Gasteiger partial charge in [-0.15, -0.1) is 5.10 Å². The van der Waals surface area contributed by atoms with Gasteiger partial charge in [0, 0.05) is 30.9 Å². The van der Waals surface area contributed by atoms with Gasteiger partial charge in [0.25, 0.3) is 6.43 Å². The lowest BCUT2D eigenvalue weighted by Gasteiger charge is -2.38. The van der Waals surface area contributed by atoms with E-state index in [2.05, 4.69) is 30.3 Å². The van der Waals surface area contributed by atoms with Crippen LogP contribution in [0.4, 0.5) is 24.9 Å². The molecule has 3 heterocycles. The van der Waals surface area contributed by atoms with Crippen LogP contribution in [0.1, 0.15) is 18.5 Å². The molecule has 3 atom stereocenters. The van der Waals surface area contributed by atoms with E-state index in [1.165, 1.54) is 18.2 Å². The summed E-state index contributed by atoms with van der Waals surface area (Å²) in [5, 5.41) is 7.36. The molecule has 2 aliphatic rings. The minimum absolute atomic E-state index is 0.0809. The number of rotatable bonds is 7. The third kappa shape index (κ3) is 4.61. The first kappa shape index (κ1) is 22.7. The Balaban J connectivity index is 1.34. The van der Waals surface area contributed by atoms with Gasteiger partial charge in [-0.3, -0.25) is 0 Å². The van der Waals surface area contributed by atoms with Gasteiger partial charge in [0.15, 0.2) is 11.6 Å². The summed E-state index contributed by atoms with van der Waals surface area (Å²) in [5.74, 6) is 0.690. The molecule has 1 aromatic carbocycles. The fourth-order valence-electron chi connectivity index (χ4n) is 4.78. The molecule has 0 unspecified atom stereocenters. The van der Waals surface area contributed by atoms with Crippen LogP contribution in [-0.2, 0) is 6.54 Å². The number of halogens is 4. The molecule has 1 aliphatic heterocycles. The van der Waals surface area contributed by atoms with Crippen LogP contribution in [0, 0.1) is 24.6 Å². The van der Waals surface area contributed by atoms with Crippen LogP contribution < -0.4 is 15.0 Å². The molecule has 2 aromatic heterocycles. The van der Waals surface area contributed by atoms with E-state index in [0.29, 0.717) is 11.8 Å². The van der Waals surface area contributed by atoms with Crippen molar-refractivity contribution in [2.45, 2.75) is 38.8 Å². The van der Waals surface area contributed by atoms with Crippen LogP contribution in [0.3, 0.4) is 0 Å². The lowest BCUT2D eigenvalue weighted by Crippen LogP contribution is -2.48. The van der Waals surface area contributed by atoms with Crippen LogP contribution in [0.25, 0.3) is 0 Å². The molecule has 2 bridgehead atoms. The second-order valence-corrected chi connectivity index (χ2v) is 9.04. The van der Waals surface area contributed by atoms with E-state index in [1.54, 1.807) is 6.33 Å². The Morgan fingerprint density at radius 2 is 1.97 bits per heavy atom. The third-order valence-corrected chi connectivity index (χ3v) is 6.60. The van der Waals surface area contributed by atoms with Gasteiger partial charge in [-0.25, -0.2) is 27.8 Å². The zero-order valence-electron chi connectivity index (χ0n) is 18.3. The molecule has 1 aliphatic carbocycles. The second-order valence-electron chi connectivity index (χ2n) is 8.64. The number of alkyl halides is 2. The van der Waals surface area contributed by atoms with E-state index in [1.807, 2.05) is 13.0 Å². The Morgan fingerprint density at radius 1 is 1.21 bits per heavy atom. The predicted molar refractivity (Wildman–Crippen MR) is 120 cm³/mol. The molecule has 34 heavy (non-hydrogen) atoms. The Morgan fingerprint density at radius 3 is 2.68 bits per heavy atom. The minimum Gasteiger partial charge on any atom is -0.421 e. The summed E-state index contributed by atoms with van der Waals surface area (Å²) >= 11 is 5.80. The molecular formula is C22H23ClF3N7O. The van der Waals surface area contributed by atoms with Crippen molar-refractivity contribution in [1.82, 2.24) is 24.7 Å². The van der Waals surface area contributed by atoms with Gasteiger partial charge in [0.2, 0.25) is 5.95 Å². The number of ether oxygens (including phenoxy) is 1. The smallest absolute Gasteiger partial charge is 0.322 e. The predicted octanol–water partition coefficient (Wildman–Crippen LogP) is 4.55. The molecule has 1 saturated heterocycles. The van der Waals surface area contributed by atoms with Crippen molar-refractivity contribution in [2.75, 3.05) is 23.3 Å². The average molecular weight is 494 g/mol. The van der Waals surface area contributed by atoms with Crippen LogP contribution in [0.15, 0.2) is 30.6 Å². The van der Waals surface area contributed by atoms with E-state index in [9.17, 15) is 13.2 Å². The van der Waals surface area contributed by atoms with Crippen molar-refractivity contribution in [3.63, 3.8) is 0 Å². The van der Waals surface area contributed by atoms with E-state index in [-0.39, 0.29) is 28.8 Å². The fraction of sp³-hybridized carbons (Fsp3) is 0.455. The topological polar surface area (TPSA) is 81.0 Å². The maximum atomic E-state index is 14.3. The highest BCUT2D eigenvalue weighted by atomic mass is 35.5. The molecule has 0 spiro atoms. The highest BCUT2D eigenvalue weighted by molar-refractivity contribution is 6.30. The molecule has 12 heteroatoms. The van der Waals surface area contributed by atoms with Crippen LogP contribution in [-0.4, -0.2) is 50.3 Å². The van der Waals surface area contributed by atoms with E-state index < -0.39 is 18.8 Å². The number of hydrogen-bond donors (Lipinski definition) is 1. The SMILES string of the molecule is Cc1cc(N2C[C@H]3CC[C@@H](C2)[C@H]3Nc2nc(Oc3cccc(Cl)c3F)n(CC(F)F)n2)ncn1. The monoisotopic (exact) mass is 493 g/mol. The number of benzene rings is 1. The minimum atomic E-state index is -2.68. The zero-order valence-corrected chi connectivity index (χ0v) is 19.1. The molecule has 5 rings (SSSR count). The maximum absolute atomic E-state index is 14.3. The zero-order chi connectivity index (χ0) is 23.8. The summed E-state index contributed by atoms with van der Waals surface area (Å²) in [5.41, 5.74) is 0.912. The molecule has 1 saturated carbocycles. The number of anilines is 2. The molecule has 180 valence electrons. The molecule has 1 N–H and O–H groups in total. The molecule has 0 amide bonds. The molecule has 0 radical (unpaired) electrons. The molecular weight excluding hydrogens is 471 g/mol.